The first kappa shape index (κ1) is 15.3. The van der Waals surface area contributed by atoms with Crippen LogP contribution in [0, 0.1) is 26.7 Å². The average molecular weight is 284 g/mol. The number of hydrogen-bond donors (Lipinski definition) is 2. The predicted molar refractivity (Wildman–Crippen MR) is 89.3 cm³/mol. The third-order valence-electron chi connectivity index (χ3n) is 3.31. The summed E-state index contributed by atoms with van der Waals surface area (Å²) in [5.41, 5.74) is 4.50. The molecule has 2 rings (SSSR count). The zero-order valence-corrected chi connectivity index (χ0v) is 13.5. The van der Waals surface area contributed by atoms with Crippen LogP contribution in [0.4, 0.5) is 17.5 Å². The zero-order chi connectivity index (χ0) is 15.4. The summed E-state index contributed by atoms with van der Waals surface area (Å²) < 4.78 is 0. The van der Waals surface area contributed by atoms with Gasteiger partial charge in [-0.3, -0.25) is 0 Å². The van der Waals surface area contributed by atoms with Crippen LogP contribution < -0.4 is 10.6 Å². The lowest BCUT2D eigenvalue weighted by molar-refractivity contribution is 0.687. The van der Waals surface area contributed by atoms with E-state index in [0.29, 0.717) is 11.9 Å². The van der Waals surface area contributed by atoms with Crippen LogP contribution in [0.15, 0.2) is 24.3 Å². The molecule has 0 saturated carbocycles. The third-order valence-corrected chi connectivity index (χ3v) is 3.31. The first-order chi connectivity index (χ1) is 9.94. The highest BCUT2D eigenvalue weighted by Gasteiger charge is 2.04. The Hall–Kier alpha value is -2.10. The van der Waals surface area contributed by atoms with Crippen molar-refractivity contribution in [2.45, 2.75) is 34.6 Å². The van der Waals surface area contributed by atoms with Crippen molar-refractivity contribution < 1.29 is 0 Å². The smallest absolute Gasteiger partial charge is 0.229 e. The van der Waals surface area contributed by atoms with Crippen molar-refractivity contribution in [3.63, 3.8) is 0 Å². The molecule has 2 N–H and O–H groups in total. The van der Waals surface area contributed by atoms with Crippen molar-refractivity contribution in [2.24, 2.45) is 5.92 Å². The quantitative estimate of drug-likeness (QED) is 0.863. The van der Waals surface area contributed by atoms with E-state index in [1.54, 1.807) is 0 Å². The molecule has 0 bridgehead atoms. The fraction of sp³-hybridized carbons (Fsp3) is 0.412. The number of aromatic nitrogens is 2. The lowest BCUT2D eigenvalue weighted by Crippen LogP contribution is -2.10. The summed E-state index contributed by atoms with van der Waals surface area (Å²) in [5.74, 6) is 2.07. The molecular formula is C17H24N4. The Morgan fingerprint density at radius 1 is 1.00 bits per heavy atom. The van der Waals surface area contributed by atoms with Crippen molar-refractivity contribution >= 4 is 17.5 Å². The van der Waals surface area contributed by atoms with Crippen LogP contribution in [0.2, 0.25) is 0 Å². The van der Waals surface area contributed by atoms with Crippen molar-refractivity contribution in [2.75, 3.05) is 17.2 Å². The van der Waals surface area contributed by atoms with Crippen LogP contribution in [-0.4, -0.2) is 16.5 Å². The van der Waals surface area contributed by atoms with E-state index in [1.807, 2.05) is 13.0 Å². The maximum atomic E-state index is 4.52. The van der Waals surface area contributed by atoms with Crippen molar-refractivity contribution in [1.82, 2.24) is 9.97 Å². The van der Waals surface area contributed by atoms with E-state index in [-0.39, 0.29) is 0 Å². The first-order valence-corrected chi connectivity index (χ1v) is 7.38. The largest absolute Gasteiger partial charge is 0.370 e. The van der Waals surface area contributed by atoms with E-state index in [4.69, 9.17) is 0 Å². The predicted octanol–water partition coefficient (Wildman–Crippen LogP) is 4.21. The molecule has 21 heavy (non-hydrogen) atoms. The molecule has 4 nitrogen and oxygen atoms in total. The van der Waals surface area contributed by atoms with Crippen LogP contribution in [-0.2, 0) is 0 Å². The maximum Gasteiger partial charge on any atom is 0.229 e. The molecule has 0 aliphatic rings. The molecular weight excluding hydrogens is 260 g/mol. The van der Waals surface area contributed by atoms with E-state index in [0.717, 1.165) is 23.7 Å². The highest BCUT2D eigenvalue weighted by molar-refractivity contribution is 5.57. The number of nitrogens with zero attached hydrogens (tertiary/aromatic N) is 2. The first-order valence-electron chi connectivity index (χ1n) is 7.38. The molecule has 0 saturated heterocycles. The van der Waals surface area contributed by atoms with Crippen LogP contribution in [0.5, 0.6) is 0 Å². The molecule has 112 valence electrons. The molecule has 1 aromatic heterocycles. The topological polar surface area (TPSA) is 49.8 Å². The van der Waals surface area contributed by atoms with Gasteiger partial charge in [0.05, 0.1) is 0 Å². The van der Waals surface area contributed by atoms with Gasteiger partial charge in [-0.15, -0.1) is 0 Å². The van der Waals surface area contributed by atoms with Gasteiger partial charge in [0.1, 0.15) is 5.82 Å². The normalized spacial score (nSPS) is 10.8. The van der Waals surface area contributed by atoms with E-state index in [2.05, 4.69) is 66.5 Å². The molecule has 0 aliphatic carbocycles. The monoisotopic (exact) mass is 284 g/mol. The minimum Gasteiger partial charge on any atom is -0.370 e. The summed E-state index contributed by atoms with van der Waals surface area (Å²) >= 11 is 0. The number of nitrogens with one attached hydrogen (secondary N) is 2. The van der Waals surface area contributed by atoms with E-state index < -0.39 is 0 Å². The molecule has 2 aromatic rings. The van der Waals surface area contributed by atoms with Gasteiger partial charge < -0.3 is 10.6 Å². The summed E-state index contributed by atoms with van der Waals surface area (Å²) in [6.45, 7) is 11.4. The van der Waals surface area contributed by atoms with Gasteiger partial charge in [0.2, 0.25) is 5.95 Å². The van der Waals surface area contributed by atoms with Crippen LogP contribution >= 0.6 is 0 Å². The van der Waals surface area contributed by atoms with E-state index in [9.17, 15) is 0 Å². The maximum absolute atomic E-state index is 4.52. The van der Waals surface area contributed by atoms with Crippen LogP contribution in [0.3, 0.4) is 0 Å². The van der Waals surface area contributed by atoms with Gasteiger partial charge in [0.15, 0.2) is 0 Å². The van der Waals surface area contributed by atoms with Gasteiger partial charge >= 0.3 is 0 Å². The molecule has 0 unspecified atom stereocenters. The molecule has 0 amide bonds. The Kier molecular flexibility index (Phi) is 4.78. The Morgan fingerprint density at radius 2 is 1.76 bits per heavy atom. The molecule has 0 fully saturated rings. The molecule has 4 heteroatoms. The second-order valence-corrected chi connectivity index (χ2v) is 5.92. The number of hydrogen-bond acceptors (Lipinski definition) is 4. The minimum absolute atomic E-state index is 0.580. The van der Waals surface area contributed by atoms with Gasteiger partial charge in [0.25, 0.3) is 0 Å². The summed E-state index contributed by atoms with van der Waals surface area (Å²) in [4.78, 5) is 8.97. The average Bonchev–Trinajstić information content (AvgIpc) is 2.40. The fourth-order valence-corrected chi connectivity index (χ4v) is 1.97. The van der Waals surface area contributed by atoms with Gasteiger partial charge in [-0.2, -0.15) is 4.98 Å². The summed E-state index contributed by atoms with van der Waals surface area (Å²) in [6.07, 6.45) is 0. The Morgan fingerprint density at radius 3 is 2.43 bits per heavy atom. The lowest BCUT2D eigenvalue weighted by Gasteiger charge is -2.12. The number of benzene rings is 1. The zero-order valence-electron chi connectivity index (χ0n) is 13.5. The summed E-state index contributed by atoms with van der Waals surface area (Å²) in [6, 6.07) is 8.23. The van der Waals surface area contributed by atoms with Gasteiger partial charge in [-0.25, -0.2) is 4.98 Å². The second-order valence-electron chi connectivity index (χ2n) is 5.92. The Labute approximate surface area is 127 Å². The molecule has 1 aromatic carbocycles. The van der Waals surface area contributed by atoms with E-state index >= 15 is 0 Å². The minimum atomic E-state index is 0.580. The fourth-order valence-electron chi connectivity index (χ4n) is 1.97. The van der Waals surface area contributed by atoms with E-state index in [1.165, 1.54) is 11.1 Å². The van der Waals surface area contributed by atoms with Crippen molar-refractivity contribution in [1.29, 1.82) is 0 Å². The van der Waals surface area contributed by atoms with Crippen molar-refractivity contribution in [3.05, 3.63) is 41.1 Å². The Balaban J connectivity index is 2.17. The van der Waals surface area contributed by atoms with Gasteiger partial charge in [-0.1, -0.05) is 19.9 Å². The molecule has 0 radical (unpaired) electrons. The SMILES string of the molecule is Cc1cc(NCC(C)C)nc(Nc2ccc(C)c(C)c2)n1. The number of aryl methyl sites for hydroxylation is 3. The summed E-state index contributed by atoms with van der Waals surface area (Å²) in [5, 5.41) is 6.62. The van der Waals surface area contributed by atoms with Crippen molar-refractivity contribution in [3.8, 4) is 0 Å². The van der Waals surface area contributed by atoms with Crippen LogP contribution in [0.25, 0.3) is 0 Å². The number of rotatable bonds is 5. The highest BCUT2D eigenvalue weighted by Crippen LogP contribution is 2.19. The van der Waals surface area contributed by atoms with Crippen LogP contribution in [0.1, 0.15) is 30.7 Å². The molecule has 0 aliphatic heterocycles. The molecule has 1 heterocycles. The standard InChI is InChI=1S/C17H24N4/c1-11(2)10-18-16-9-14(5)19-17(21-16)20-15-7-6-12(3)13(4)8-15/h6-9,11H,10H2,1-5H3,(H2,18,19,20,21). The highest BCUT2D eigenvalue weighted by atomic mass is 15.1. The van der Waals surface area contributed by atoms with Gasteiger partial charge in [-0.05, 0) is 49.9 Å². The van der Waals surface area contributed by atoms with Gasteiger partial charge in [0, 0.05) is 24.0 Å². The Bertz CT molecular complexity index is 620. The summed E-state index contributed by atoms with van der Waals surface area (Å²) in [7, 11) is 0. The molecule has 0 spiro atoms. The lowest BCUT2D eigenvalue weighted by atomic mass is 10.1. The third kappa shape index (κ3) is 4.45. The molecule has 0 atom stereocenters. The second kappa shape index (κ2) is 6.57. The number of anilines is 3.